The van der Waals surface area contributed by atoms with Crippen molar-refractivity contribution in [3.8, 4) is 0 Å². The van der Waals surface area contributed by atoms with Crippen LogP contribution in [-0.4, -0.2) is 31.5 Å². The second-order valence-electron chi connectivity index (χ2n) is 3.80. The fourth-order valence-electron chi connectivity index (χ4n) is 1.30. The second-order valence-corrected chi connectivity index (χ2v) is 3.80. The van der Waals surface area contributed by atoms with E-state index in [4.69, 9.17) is 4.74 Å². The average Bonchev–Trinajstić information content (AvgIpc) is 2.03. The minimum Gasteiger partial charge on any atom is -0.381 e. The van der Waals surface area contributed by atoms with Gasteiger partial charge < -0.3 is 10.1 Å². The van der Waals surface area contributed by atoms with Gasteiger partial charge in [0.25, 0.3) is 0 Å². The molecule has 0 aliphatic carbocycles. The minimum absolute atomic E-state index is 0.362. The number of nitrogens with one attached hydrogen (secondary N) is 1. The number of ether oxygens (including phenoxy) is 1. The molecule has 0 unspecified atom stereocenters. The number of alkyl halides is 1. The molecule has 1 aliphatic rings. The van der Waals surface area contributed by atoms with Gasteiger partial charge in [-0.2, -0.15) is 0 Å². The molecule has 72 valence electrons. The molecule has 1 aliphatic heterocycles. The van der Waals surface area contributed by atoms with E-state index in [-0.39, 0.29) is 0 Å². The molecule has 1 N–H and O–H groups in total. The Kier molecular flexibility index (Phi) is 3.47. The number of hydrogen-bond donors (Lipinski definition) is 1. The maximum Gasteiger partial charge on any atom is 0.127 e. The highest BCUT2D eigenvalue weighted by molar-refractivity contribution is 4.84. The van der Waals surface area contributed by atoms with E-state index < -0.39 is 5.67 Å². The molecular weight excluding hydrogens is 157 g/mol. The highest BCUT2D eigenvalue weighted by Gasteiger charge is 2.31. The molecule has 0 bridgehead atoms. The first-order chi connectivity index (χ1) is 5.62. The molecule has 2 nitrogen and oxygen atoms in total. The Balaban J connectivity index is 2.26. The number of halogens is 1. The summed E-state index contributed by atoms with van der Waals surface area (Å²) in [7, 11) is 0. The van der Waals surface area contributed by atoms with E-state index in [9.17, 15) is 4.39 Å². The van der Waals surface area contributed by atoms with Gasteiger partial charge in [0.2, 0.25) is 0 Å². The lowest BCUT2D eigenvalue weighted by atomic mass is 9.96. The Morgan fingerprint density at radius 2 is 2.00 bits per heavy atom. The molecule has 1 heterocycles. The van der Waals surface area contributed by atoms with Crippen molar-refractivity contribution in [1.29, 1.82) is 0 Å². The third kappa shape index (κ3) is 3.07. The van der Waals surface area contributed by atoms with Crippen molar-refractivity contribution >= 4 is 0 Å². The monoisotopic (exact) mass is 175 g/mol. The third-order valence-corrected chi connectivity index (χ3v) is 2.22. The van der Waals surface area contributed by atoms with E-state index in [1.54, 1.807) is 0 Å². The predicted molar refractivity (Wildman–Crippen MR) is 47.0 cm³/mol. The summed E-state index contributed by atoms with van der Waals surface area (Å²) in [6, 6.07) is 0.362. The Morgan fingerprint density at radius 1 is 1.42 bits per heavy atom. The summed E-state index contributed by atoms with van der Waals surface area (Å²) < 4.78 is 18.9. The molecule has 0 aromatic carbocycles. The topological polar surface area (TPSA) is 21.3 Å². The van der Waals surface area contributed by atoms with Crippen molar-refractivity contribution in [2.24, 2.45) is 0 Å². The fourth-order valence-corrected chi connectivity index (χ4v) is 1.30. The van der Waals surface area contributed by atoms with E-state index >= 15 is 0 Å². The molecule has 1 fully saturated rings. The maximum absolute atomic E-state index is 13.8. The van der Waals surface area contributed by atoms with Gasteiger partial charge in [0.1, 0.15) is 5.67 Å². The number of hydrogen-bond acceptors (Lipinski definition) is 2. The average molecular weight is 175 g/mol. The highest BCUT2D eigenvalue weighted by atomic mass is 19.1. The predicted octanol–water partition coefficient (Wildman–Crippen LogP) is 1.50. The summed E-state index contributed by atoms with van der Waals surface area (Å²) in [5.41, 5.74) is -1.03. The lowest BCUT2D eigenvalue weighted by Gasteiger charge is -2.30. The van der Waals surface area contributed by atoms with Crippen LogP contribution in [-0.2, 0) is 4.74 Å². The SMILES string of the molecule is CC(C)NCC1(F)CCOCC1. The lowest BCUT2D eigenvalue weighted by Crippen LogP contribution is -2.43. The van der Waals surface area contributed by atoms with Crippen molar-refractivity contribution in [2.75, 3.05) is 19.8 Å². The largest absolute Gasteiger partial charge is 0.381 e. The first-order valence-electron chi connectivity index (χ1n) is 4.62. The van der Waals surface area contributed by atoms with Crippen LogP contribution in [0.2, 0.25) is 0 Å². The van der Waals surface area contributed by atoms with Crippen molar-refractivity contribution in [3.63, 3.8) is 0 Å². The van der Waals surface area contributed by atoms with E-state index in [2.05, 4.69) is 5.32 Å². The molecule has 0 radical (unpaired) electrons. The Hall–Kier alpha value is -0.150. The normalized spacial score (nSPS) is 23.0. The van der Waals surface area contributed by atoms with Gasteiger partial charge in [0, 0.05) is 38.6 Å². The first-order valence-corrected chi connectivity index (χ1v) is 4.62. The fraction of sp³-hybridized carbons (Fsp3) is 1.00. The molecule has 12 heavy (non-hydrogen) atoms. The van der Waals surface area contributed by atoms with E-state index in [0.717, 1.165) is 0 Å². The van der Waals surface area contributed by atoms with E-state index in [1.165, 1.54) is 0 Å². The molecule has 0 saturated carbocycles. The Labute approximate surface area is 73.5 Å². The van der Waals surface area contributed by atoms with Crippen LogP contribution in [0.3, 0.4) is 0 Å². The van der Waals surface area contributed by atoms with Gasteiger partial charge in [-0.05, 0) is 0 Å². The van der Waals surface area contributed by atoms with Gasteiger partial charge in [-0.1, -0.05) is 13.8 Å². The third-order valence-electron chi connectivity index (χ3n) is 2.22. The van der Waals surface area contributed by atoms with E-state index in [1.807, 2.05) is 13.8 Å². The molecule has 0 aromatic rings. The summed E-state index contributed by atoms with van der Waals surface area (Å²) in [4.78, 5) is 0. The smallest absolute Gasteiger partial charge is 0.127 e. The van der Waals surface area contributed by atoms with Gasteiger partial charge in [0.05, 0.1) is 0 Å². The standard InChI is InChI=1S/C9H18FNO/c1-8(2)11-7-9(10)3-5-12-6-4-9/h8,11H,3-7H2,1-2H3. The summed E-state index contributed by atoms with van der Waals surface area (Å²) in [5, 5.41) is 3.13. The molecule has 1 saturated heterocycles. The molecule has 0 amide bonds. The van der Waals surface area contributed by atoms with Gasteiger partial charge in [0.15, 0.2) is 0 Å². The molecular formula is C9H18FNO. The zero-order chi connectivity index (χ0) is 9.03. The minimum atomic E-state index is -1.03. The maximum atomic E-state index is 13.8. The molecule has 3 heteroatoms. The van der Waals surface area contributed by atoms with Crippen LogP contribution in [0.15, 0.2) is 0 Å². The van der Waals surface area contributed by atoms with Crippen LogP contribution in [0.5, 0.6) is 0 Å². The van der Waals surface area contributed by atoms with Crippen LogP contribution in [0, 0.1) is 0 Å². The van der Waals surface area contributed by atoms with Crippen LogP contribution >= 0.6 is 0 Å². The summed E-state index contributed by atoms with van der Waals surface area (Å²) in [5.74, 6) is 0. The lowest BCUT2D eigenvalue weighted by molar-refractivity contribution is -0.00862. The van der Waals surface area contributed by atoms with Crippen molar-refractivity contribution < 1.29 is 9.13 Å². The van der Waals surface area contributed by atoms with Crippen molar-refractivity contribution in [3.05, 3.63) is 0 Å². The second kappa shape index (κ2) is 4.19. The van der Waals surface area contributed by atoms with Crippen LogP contribution in [0.4, 0.5) is 4.39 Å². The summed E-state index contributed by atoms with van der Waals surface area (Å²) in [6.45, 7) is 5.66. The van der Waals surface area contributed by atoms with Gasteiger partial charge >= 0.3 is 0 Å². The van der Waals surface area contributed by atoms with Gasteiger partial charge in [-0.25, -0.2) is 4.39 Å². The zero-order valence-corrected chi connectivity index (χ0v) is 7.90. The van der Waals surface area contributed by atoms with Crippen LogP contribution < -0.4 is 5.32 Å². The van der Waals surface area contributed by atoms with Crippen molar-refractivity contribution in [2.45, 2.75) is 38.4 Å². The zero-order valence-electron chi connectivity index (χ0n) is 7.90. The van der Waals surface area contributed by atoms with Crippen molar-refractivity contribution in [1.82, 2.24) is 5.32 Å². The molecule has 0 atom stereocenters. The Morgan fingerprint density at radius 3 is 2.50 bits per heavy atom. The van der Waals surface area contributed by atoms with Gasteiger partial charge in [-0.15, -0.1) is 0 Å². The quantitative estimate of drug-likeness (QED) is 0.702. The van der Waals surface area contributed by atoms with Crippen LogP contribution in [0.25, 0.3) is 0 Å². The Bertz CT molecular complexity index is 132. The summed E-state index contributed by atoms with van der Waals surface area (Å²) >= 11 is 0. The van der Waals surface area contributed by atoms with E-state index in [0.29, 0.717) is 38.6 Å². The summed E-state index contributed by atoms with van der Waals surface area (Å²) in [6.07, 6.45) is 1.07. The van der Waals surface area contributed by atoms with Crippen LogP contribution in [0.1, 0.15) is 26.7 Å². The first kappa shape index (κ1) is 9.93. The number of rotatable bonds is 3. The molecule has 0 spiro atoms. The highest BCUT2D eigenvalue weighted by Crippen LogP contribution is 2.24. The van der Waals surface area contributed by atoms with Gasteiger partial charge in [-0.3, -0.25) is 0 Å². The molecule has 1 rings (SSSR count). The molecule has 0 aromatic heterocycles.